The Kier molecular flexibility index (Phi) is 5.30. The van der Waals surface area contributed by atoms with Crippen molar-refractivity contribution in [3.63, 3.8) is 0 Å². The van der Waals surface area contributed by atoms with E-state index in [0.717, 1.165) is 4.90 Å². The molecule has 7 nitrogen and oxygen atoms in total. The van der Waals surface area contributed by atoms with Gasteiger partial charge in [0.25, 0.3) is 5.91 Å². The summed E-state index contributed by atoms with van der Waals surface area (Å²) in [6.45, 7) is 0.0510. The molecule has 3 aromatic rings. The number of halogens is 1. The van der Waals surface area contributed by atoms with Gasteiger partial charge in [0.2, 0.25) is 5.91 Å². The Labute approximate surface area is 171 Å². The molecule has 1 atom stereocenters. The number of anilines is 2. The van der Waals surface area contributed by atoms with Gasteiger partial charge in [0.15, 0.2) is 0 Å². The Balaban J connectivity index is 1.57. The number of benzene rings is 2. The van der Waals surface area contributed by atoms with Crippen LogP contribution in [0.25, 0.3) is 0 Å². The molecule has 2 aromatic carbocycles. The van der Waals surface area contributed by atoms with Crippen LogP contribution in [0.5, 0.6) is 0 Å². The molecule has 1 saturated heterocycles. The second-order valence-corrected chi connectivity index (χ2v) is 6.77. The van der Waals surface area contributed by atoms with E-state index in [2.05, 4.69) is 5.32 Å². The minimum absolute atomic E-state index is 0.0510. The predicted molar refractivity (Wildman–Crippen MR) is 107 cm³/mol. The molecular formula is C22H18FN3O4. The van der Waals surface area contributed by atoms with Crippen LogP contribution in [0.1, 0.15) is 12.2 Å². The zero-order valence-corrected chi connectivity index (χ0v) is 15.8. The molecule has 0 radical (unpaired) electrons. The lowest BCUT2D eigenvalue weighted by Gasteiger charge is -2.20. The Morgan fingerprint density at radius 2 is 1.73 bits per heavy atom. The van der Waals surface area contributed by atoms with Gasteiger partial charge in [-0.3, -0.25) is 9.59 Å². The van der Waals surface area contributed by atoms with Gasteiger partial charge in [-0.15, -0.1) is 0 Å². The van der Waals surface area contributed by atoms with Crippen molar-refractivity contribution in [1.82, 2.24) is 4.90 Å². The van der Waals surface area contributed by atoms with E-state index in [1.165, 1.54) is 35.4 Å². The third-order valence-corrected chi connectivity index (χ3v) is 4.75. The lowest BCUT2D eigenvalue weighted by atomic mass is 10.1. The van der Waals surface area contributed by atoms with Crippen molar-refractivity contribution in [1.29, 1.82) is 0 Å². The second kappa shape index (κ2) is 8.20. The van der Waals surface area contributed by atoms with E-state index < -0.39 is 29.7 Å². The normalized spacial score (nSPS) is 16.2. The Morgan fingerprint density at radius 3 is 2.40 bits per heavy atom. The number of nitrogens with one attached hydrogen (secondary N) is 1. The Bertz CT molecular complexity index is 1050. The summed E-state index contributed by atoms with van der Waals surface area (Å²) in [6.07, 6.45) is 1.23. The molecule has 1 aliphatic heterocycles. The van der Waals surface area contributed by atoms with Crippen LogP contribution >= 0.6 is 0 Å². The number of urea groups is 1. The molecule has 4 amide bonds. The summed E-state index contributed by atoms with van der Waals surface area (Å²) < 4.78 is 18.4. The van der Waals surface area contributed by atoms with Gasteiger partial charge in [0.1, 0.15) is 17.6 Å². The van der Waals surface area contributed by atoms with Crippen LogP contribution in [0, 0.1) is 5.82 Å². The van der Waals surface area contributed by atoms with Crippen molar-refractivity contribution < 1.29 is 23.2 Å². The van der Waals surface area contributed by atoms with Gasteiger partial charge < -0.3 is 14.6 Å². The van der Waals surface area contributed by atoms with Crippen LogP contribution in [0.3, 0.4) is 0 Å². The first-order valence-corrected chi connectivity index (χ1v) is 9.30. The largest absolute Gasteiger partial charge is 0.467 e. The summed E-state index contributed by atoms with van der Waals surface area (Å²) in [6, 6.07) is 15.7. The predicted octanol–water partition coefficient (Wildman–Crippen LogP) is 3.78. The van der Waals surface area contributed by atoms with Gasteiger partial charge in [-0.25, -0.2) is 14.1 Å². The second-order valence-electron chi connectivity index (χ2n) is 6.77. The molecule has 0 bridgehead atoms. The molecule has 0 saturated carbocycles. The molecule has 1 aromatic heterocycles. The fraction of sp³-hybridized carbons (Fsp3) is 0.136. The van der Waals surface area contributed by atoms with Gasteiger partial charge in [0.05, 0.1) is 24.9 Å². The third kappa shape index (κ3) is 3.93. The van der Waals surface area contributed by atoms with Crippen LogP contribution in [0.2, 0.25) is 0 Å². The number of carbonyl (C=O) groups excluding carboxylic acids is 3. The molecule has 1 fully saturated rings. The molecule has 2 heterocycles. The molecule has 0 unspecified atom stereocenters. The molecule has 1 N–H and O–H groups in total. The zero-order chi connectivity index (χ0) is 21.1. The molecule has 152 valence electrons. The van der Waals surface area contributed by atoms with Gasteiger partial charge in [0, 0.05) is 5.69 Å². The van der Waals surface area contributed by atoms with Crippen molar-refractivity contribution in [2.24, 2.45) is 0 Å². The number of hydrogen-bond acceptors (Lipinski definition) is 4. The lowest BCUT2D eigenvalue weighted by Crippen LogP contribution is -2.37. The van der Waals surface area contributed by atoms with Crippen molar-refractivity contribution in [3.8, 4) is 0 Å². The van der Waals surface area contributed by atoms with Crippen LogP contribution in [-0.2, 0) is 16.1 Å². The first-order chi connectivity index (χ1) is 14.5. The van der Waals surface area contributed by atoms with E-state index in [-0.39, 0.29) is 13.0 Å². The van der Waals surface area contributed by atoms with E-state index in [1.54, 1.807) is 42.5 Å². The van der Waals surface area contributed by atoms with Crippen molar-refractivity contribution in [3.05, 3.63) is 84.6 Å². The maximum absolute atomic E-state index is 13.1. The summed E-state index contributed by atoms with van der Waals surface area (Å²) in [7, 11) is 0. The monoisotopic (exact) mass is 407 g/mol. The van der Waals surface area contributed by atoms with Crippen molar-refractivity contribution in [2.45, 2.75) is 19.0 Å². The standard InChI is InChI=1S/C22H18FN3O4/c23-15-8-10-16(11-9-15)24-20(27)13-19-21(28)26(17-5-2-1-3-6-17)22(29)25(19)14-18-7-4-12-30-18/h1-12,19H,13-14H2,(H,24,27)/t19-/m0/s1. The van der Waals surface area contributed by atoms with Gasteiger partial charge in [-0.05, 0) is 48.5 Å². The Morgan fingerprint density at radius 1 is 1.00 bits per heavy atom. The average Bonchev–Trinajstić information content (AvgIpc) is 3.33. The lowest BCUT2D eigenvalue weighted by molar-refractivity contribution is -0.124. The molecule has 1 aliphatic rings. The van der Waals surface area contributed by atoms with Gasteiger partial charge in [-0.1, -0.05) is 18.2 Å². The van der Waals surface area contributed by atoms with E-state index >= 15 is 0 Å². The van der Waals surface area contributed by atoms with Crippen molar-refractivity contribution in [2.75, 3.05) is 10.2 Å². The molecule has 0 spiro atoms. The highest BCUT2D eigenvalue weighted by molar-refractivity contribution is 6.22. The molecular weight excluding hydrogens is 389 g/mol. The van der Waals surface area contributed by atoms with E-state index in [0.29, 0.717) is 17.1 Å². The summed E-state index contributed by atoms with van der Waals surface area (Å²) in [4.78, 5) is 41.1. The van der Waals surface area contributed by atoms with E-state index in [4.69, 9.17) is 4.42 Å². The van der Waals surface area contributed by atoms with Crippen molar-refractivity contribution >= 4 is 29.2 Å². The third-order valence-electron chi connectivity index (χ3n) is 4.75. The number of amides is 4. The first kappa shape index (κ1) is 19.4. The smallest absolute Gasteiger partial charge is 0.332 e. The van der Waals surface area contributed by atoms with E-state index in [1.807, 2.05) is 0 Å². The summed E-state index contributed by atoms with van der Waals surface area (Å²) in [5.74, 6) is -0.887. The summed E-state index contributed by atoms with van der Waals surface area (Å²) >= 11 is 0. The number of imide groups is 1. The maximum Gasteiger partial charge on any atom is 0.332 e. The van der Waals surface area contributed by atoms with Crippen LogP contribution < -0.4 is 10.2 Å². The molecule has 8 heteroatoms. The fourth-order valence-corrected chi connectivity index (χ4v) is 3.32. The number of nitrogens with zero attached hydrogens (tertiary/aromatic N) is 2. The quantitative estimate of drug-likeness (QED) is 0.631. The molecule has 30 heavy (non-hydrogen) atoms. The summed E-state index contributed by atoms with van der Waals surface area (Å²) in [5.41, 5.74) is 0.828. The maximum atomic E-state index is 13.1. The number of carbonyl (C=O) groups is 3. The topological polar surface area (TPSA) is 82.9 Å². The van der Waals surface area contributed by atoms with Gasteiger partial charge in [-0.2, -0.15) is 0 Å². The SMILES string of the molecule is O=C(C[C@H]1C(=O)N(c2ccccc2)C(=O)N1Cc1ccco1)Nc1ccc(F)cc1. The summed E-state index contributed by atoms with van der Waals surface area (Å²) in [5, 5.41) is 2.63. The van der Waals surface area contributed by atoms with Crippen LogP contribution in [0.4, 0.5) is 20.6 Å². The van der Waals surface area contributed by atoms with Gasteiger partial charge >= 0.3 is 6.03 Å². The minimum Gasteiger partial charge on any atom is -0.467 e. The molecule has 0 aliphatic carbocycles. The van der Waals surface area contributed by atoms with Crippen LogP contribution in [0.15, 0.2) is 77.4 Å². The zero-order valence-electron chi connectivity index (χ0n) is 15.8. The average molecular weight is 407 g/mol. The highest BCUT2D eigenvalue weighted by atomic mass is 19.1. The van der Waals surface area contributed by atoms with E-state index in [9.17, 15) is 18.8 Å². The minimum atomic E-state index is -0.997. The number of hydrogen-bond donors (Lipinski definition) is 1. The first-order valence-electron chi connectivity index (χ1n) is 9.30. The molecule has 4 rings (SSSR count). The highest BCUT2D eigenvalue weighted by Gasteiger charge is 2.46. The number of rotatable bonds is 6. The number of para-hydroxylation sites is 1. The number of furan rings is 1. The van der Waals surface area contributed by atoms with Crippen LogP contribution in [-0.4, -0.2) is 28.8 Å². The fourth-order valence-electron chi connectivity index (χ4n) is 3.32. The highest BCUT2D eigenvalue weighted by Crippen LogP contribution is 2.28. The Hall–Kier alpha value is -3.94.